The monoisotopic (exact) mass is 305 g/mol. The van der Waals surface area contributed by atoms with Crippen molar-refractivity contribution in [3.8, 4) is 0 Å². The predicted molar refractivity (Wildman–Crippen MR) is 80.9 cm³/mol. The minimum absolute atomic E-state index is 0.0891. The number of rotatable bonds is 3. The van der Waals surface area contributed by atoms with Gasteiger partial charge in [-0.15, -0.1) is 0 Å². The van der Waals surface area contributed by atoms with E-state index < -0.39 is 11.9 Å². The van der Waals surface area contributed by atoms with E-state index in [-0.39, 0.29) is 12.5 Å². The zero-order chi connectivity index (χ0) is 15.0. The van der Waals surface area contributed by atoms with Gasteiger partial charge in [0, 0.05) is 23.3 Å². The molecule has 0 saturated carbocycles. The molecule has 1 aromatic heterocycles. The van der Waals surface area contributed by atoms with Crippen LogP contribution in [0.15, 0.2) is 30.5 Å². The van der Waals surface area contributed by atoms with Crippen molar-refractivity contribution in [2.45, 2.75) is 25.4 Å². The average Bonchev–Trinajstić information content (AvgIpc) is 3.06. The summed E-state index contributed by atoms with van der Waals surface area (Å²) in [5.74, 6) is -0.518. The van der Waals surface area contributed by atoms with E-state index in [0.29, 0.717) is 18.0 Å². The summed E-state index contributed by atoms with van der Waals surface area (Å²) >= 11 is 6.01. The molecule has 1 saturated heterocycles. The van der Waals surface area contributed by atoms with Crippen LogP contribution in [-0.4, -0.2) is 33.9 Å². The quantitative estimate of drug-likeness (QED) is 0.939. The summed E-state index contributed by atoms with van der Waals surface area (Å²) in [4.78, 5) is 25.4. The van der Waals surface area contributed by atoms with Crippen LogP contribution in [-0.2, 0) is 16.1 Å². The van der Waals surface area contributed by atoms with Gasteiger partial charge in [0.05, 0.1) is 0 Å². The first-order valence-electron chi connectivity index (χ1n) is 6.89. The van der Waals surface area contributed by atoms with E-state index in [0.717, 1.165) is 17.3 Å². The van der Waals surface area contributed by atoms with E-state index in [1.807, 2.05) is 35.0 Å². The number of amides is 2. The number of hydrogen-bond donors (Lipinski definition) is 1. The van der Waals surface area contributed by atoms with Gasteiger partial charge in [-0.2, -0.15) is 0 Å². The van der Waals surface area contributed by atoms with Gasteiger partial charge in [0.25, 0.3) is 0 Å². The maximum atomic E-state index is 12.4. The lowest BCUT2D eigenvalue weighted by atomic mass is 10.2. The first-order valence-corrected chi connectivity index (χ1v) is 7.27. The van der Waals surface area contributed by atoms with Gasteiger partial charge in [-0.1, -0.05) is 17.7 Å². The topological polar surface area (TPSA) is 68.3 Å². The molecule has 0 aliphatic carbocycles. The molecule has 1 aliphatic heterocycles. The Morgan fingerprint density at radius 2 is 2.14 bits per heavy atom. The number of halogens is 1. The Labute approximate surface area is 127 Å². The number of fused-ring (bicyclic) bond motifs is 1. The van der Waals surface area contributed by atoms with Gasteiger partial charge in [-0.25, -0.2) is 0 Å². The number of hydrogen-bond acceptors (Lipinski definition) is 2. The highest BCUT2D eigenvalue weighted by atomic mass is 35.5. The van der Waals surface area contributed by atoms with Crippen LogP contribution in [0.3, 0.4) is 0 Å². The van der Waals surface area contributed by atoms with Crippen LogP contribution in [0.1, 0.15) is 12.8 Å². The lowest BCUT2D eigenvalue weighted by Crippen LogP contribution is -2.44. The fourth-order valence-electron chi connectivity index (χ4n) is 2.89. The molecule has 2 amide bonds. The van der Waals surface area contributed by atoms with Crippen LogP contribution in [0.2, 0.25) is 5.02 Å². The lowest BCUT2D eigenvalue weighted by Gasteiger charge is -2.22. The molecule has 0 bridgehead atoms. The van der Waals surface area contributed by atoms with E-state index in [4.69, 9.17) is 17.3 Å². The molecule has 5 nitrogen and oxygen atoms in total. The zero-order valence-electron chi connectivity index (χ0n) is 11.5. The number of likely N-dealkylation sites (tertiary alicyclic amines) is 1. The summed E-state index contributed by atoms with van der Waals surface area (Å²) in [6, 6.07) is 7.04. The summed E-state index contributed by atoms with van der Waals surface area (Å²) in [6.45, 7) is 0.778. The van der Waals surface area contributed by atoms with Crippen molar-refractivity contribution in [2.24, 2.45) is 5.73 Å². The van der Waals surface area contributed by atoms with Crippen LogP contribution in [0.4, 0.5) is 0 Å². The predicted octanol–water partition coefficient (Wildman–Crippen LogP) is 1.77. The Morgan fingerprint density at radius 3 is 2.90 bits per heavy atom. The van der Waals surface area contributed by atoms with Gasteiger partial charge in [0.2, 0.25) is 11.8 Å². The molecule has 1 unspecified atom stereocenters. The molecule has 3 rings (SSSR count). The maximum Gasteiger partial charge on any atom is 0.243 e. The molecule has 2 aromatic rings. The SMILES string of the molecule is NC(=O)C1CCCN1C(=O)Cn1ccc2ccc(Cl)cc21. The molecular formula is C15H16ClN3O2. The third-order valence-electron chi connectivity index (χ3n) is 3.94. The van der Waals surface area contributed by atoms with Gasteiger partial charge in [-0.3, -0.25) is 9.59 Å². The number of nitrogens with zero attached hydrogens (tertiary/aromatic N) is 2. The molecule has 2 heterocycles. The van der Waals surface area contributed by atoms with Crippen LogP contribution >= 0.6 is 11.6 Å². The molecule has 6 heteroatoms. The molecule has 21 heavy (non-hydrogen) atoms. The molecule has 1 aliphatic rings. The largest absolute Gasteiger partial charge is 0.368 e. The molecule has 2 N–H and O–H groups in total. The number of carbonyl (C=O) groups excluding carboxylic acids is 2. The normalized spacial score (nSPS) is 18.3. The Bertz CT molecular complexity index is 710. The average molecular weight is 306 g/mol. The molecular weight excluding hydrogens is 290 g/mol. The van der Waals surface area contributed by atoms with Crippen molar-refractivity contribution in [2.75, 3.05) is 6.54 Å². The number of aromatic nitrogens is 1. The van der Waals surface area contributed by atoms with Crippen LogP contribution in [0.25, 0.3) is 10.9 Å². The second kappa shape index (κ2) is 5.41. The summed E-state index contributed by atoms with van der Waals surface area (Å²) in [5.41, 5.74) is 6.26. The number of carbonyl (C=O) groups is 2. The first kappa shape index (κ1) is 13.9. The van der Waals surface area contributed by atoms with E-state index >= 15 is 0 Å². The third kappa shape index (κ3) is 2.61. The van der Waals surface area contributed by atoms with Crippen molar-refractivity contribution >= 4 is 34.3 Å². The number of nitrogens with two attached hydrogens (primary N) is 1. The highest BCUT2D eigenvalue weighted by Crippen LogP contribution is 2.22. The number of benzene rings is 1. The van der Waals surface area contributed by atoms with Gasteiger partial charge in [0.15, 0.2) is 0 Å². The highest BCUT2D eigenvalue weighted by molar-refractivity contribution is 6.31. The second-order valence-corrected chi connectivity index (χ2v) is 5.73. The van der Waals surface area contributed by atoms with Crippen molar-refractivity contribution in [3.63, 3.8) is 0 Å². The molecule has 1 fully saturated rings. The Kier molecular flexibility index (Phi) is 3.59. The molecule has 1 aromatic carbocycles. The lowest BCUT2D eigenvalue weighted by molar-refractivity contribution is -0.137. The maximum absolute atomic E-state index is 12.4. The summed E-state index contributed by atoms with van der Waals surface area (Å²) < 4.78 is 1.85. The highest BCUT2D eigenvalue weighted by Gasteiger charge is 2.32. The summed E-state index contributed by atoms with van der Waals surface area (Å²) in [5, 5.41) is 1.66. The standard InChI is InChI=1S/C15H16ClN3O2/c16-11-4-3-10-5-7-18(13(10)8-11)9-14(20)19-6-1-2-12(19)15(17)21/h3-5,7-8,12H,1-2,6,9H2,(H2,17,21). The smallest absolute Gasteiger partial charge is 0.243 e. The minimum atomic E-state index is -0.470. The van der Waals surface area contributed by atoms with E-state index in [9.17, 15) is 9.59 Å². The van der Waals surface area contributed by atoms with Crippen molar-refractivity contribution < 1.29 is 9.59 Å². The second-order valence-electron chi connectivity index (χ2n) is 5.29. The molecule has 1 atom stereocenters. The van der Waals surface area contributed by atoms with Crippen LogP contribution in [0, 0.1) is 0 Å². The third-order valence-corrected chi connectivity index (χ3v) is 4.18. The van der Waals surface area contributed by atoms with Gasteiger partial charge in [0.1, 0.15) is 12.6 Å². The molecule has 0 radical (unpaired) electrons. The van der Waals surface area contributed by atoms with Crippen molar-refractivity contribution in [3.05, 3.63) is 35.5 Å². The molecule has 110 valence electrons. The number of primary amides is 1. The first-order chi connectivity index (χ1) is 10.1. The van der Waals surface area contributed by atoms with Crippen molar-refractivity contribution in [1.82, 2.24) is 9.47 Å². The van der Waals surface area contributed by atoms with Crippen LogP contribution < -0.4 is 5.73 Å². The zero-order valence-corrected chi connectivity index (χ0v) is 12.2. The van der Waals surface area contributed by atoms with Crippen LogP contribution in [0.5, 0.6) is 0 Å². The van der Waals surface area contributed by atoms with Crippen molar-refractivity contribution in [1.29, 1.82) is 0 Å². The summed E-state index contributed by atoms with van der Waals surface area (Å²) in [6.07, 6.45) is 3.32. The minimum Gasteiger partial charge on any atom is -0.368 e. The fourth-order valence-corrected chi connectivity index (χ4v) is 3.06. The Balaban J connectivity index is 1.83. The van der Waals surface area contributed by atoms with Gasteiger partial charge >= 0.3 is 0 Å². The van der Waals surface area contributed by atoms with E-state index in [1.54, 1.807) is 4.90 Å². The van der Waals surface area contributed by atoms with Gasteiger partial charge < -0.3 is 15.2 Å². The van der Waals surface area contributed by atoms with Gasteiger partial charge in [-0.05, 0) is 36.4 Å². The molecule has 0 spiro atoms. The van der Waals surface area contributed by atoms with E-state index in [2.05, 4.69) is 0 Å². The Morgan fingerprint density at radius 1 is 1.33 bits per heavy atom. The Hall–Kier alpha value is -2.01. The fraction of sp³-hybridized carbons (Fsp3) is 0.333. The summed E-state index contributed by atoms with van der Waals surface area (Å²) in [7, 11) is 0. The van der Waals surface area contributed by atoms with E-state index in [1.165, 1.54) is 0 Å².